The van der Waals surface area contributed by atoms with E-state index in [1.807, 2.05) is 0 Å². The van der Waals surface area contributed by atoms with Crippen LogP contribution in [0.1, 0.15) is 53.9 Å². The maximum absolute atomic E-state index is 2.44. The molecule has 86 valence electrons. The van der Waals surface area contributed by atoms with E-state index < -0.39 is 0 Å². The highest BCUT2D eigenvalue weighted by Gasteiger charge is 2.15. The van der Waals surface area contributed by atoms with Gasteiger partial charge in [0.15, 0.2) is 0 Å². The van der Waals surface area contributed by atoms with Crippen LogP contribution in [0, 0.1) is 17.8 Å². The zero-order chi connectivity index (χ0) is 11.4. The molecule has 0 aliphatic heterocycles. The van der Waals surface area contributed by atoms with E-state index in [0.717, 1.165) is 11.8 Å². The van der Waals surface area contributed by atoms with Gasteiger partial charge in [0, 0.05) is 0 Å². The van der Waals surface area contributed by atoms with Crippen molar-refractivity contribution in [1.29, 1.82) is 0 Å². The van der Waals surface area contributed by atoms with E-state index in [-0.39, 0.29) is 0 Å². The molecule has 1 aliphatic rings. The Hall–Kier alpha value is -0.520. The molecule has 0 amide bonds. The first-order chi connectivity index (χ1) is 7.00. The number of hydrogen-bond acceptors (Lipinski definition) is 0. The molecule has 1 atom stereocenters. The van der Waals surface area contributed by atoms with Gasteiger partial charge in [0.1, 0.15) is 0 Å². The predicted octanol–water partition coefficient (Wildman–Crippen LogP) is 4.97. The van der Waals surface area contributed by atoms with Crippen LogP contribution in [0.4, 0.5) is 0 Å². The minimum Gasteiger partial charge on any atom is -0.0770 e. The highest BCUT2D eigenvalue weighted by atomic mass is 14.2. The molecule has 0 radical (unpaired) electrons. The summed E-state index contributed by atoms with van der Waals surface area (Å²) in [7, 11) is 0. The van der Waals surface area contributed by atoms with E-state index >= 15 is 0 Å². The molecule has 1 aliphatic carbocycles. The molecule has 0 saturated carbocycles. The monoisotopic (exact) mass is 206 g/mol. The molecule has 0 N–H and O–H groups in total. The lowest BCUT2D eigenvalue weighted by atomic mass is 9.92. The van der Waals surface area contributed by atoms with E-state index in [4.69, 9.17) is 0 Å². The van der Waals surface area contributed by atoms with Crippen molar-refractivity contribution in [3.05, 3.63) is 23.3 Å². The fourth-order valence-corrected chi connectivity index (χ4v) is 2.08. The van der Waals surface area contributed by atoms with E-state index in [1.165, 1.54) is 19.3 Å². The van der Waals surface area contributed by atoms with E-state index in [1.54, 1.807) is 11.1 Å². The third-order valence-corrected chi connectivity index (χ3v) is 3.40. The Morgan fingerprint density at radius 3 is 2.20 bits per heavy atom. The Balaban J connectivity index is 2.43. The number of rotatable bonds is 5. The SMILES string of the molecule is CC(C)CCC(C)C1=CC(C(C)C)=CC1. The summed E-state index contributed by atoms with van der Waals surface area (Å²) in [4.78, 5) is 0. The summed E-state index contributed by atoms with van der Waals surface area (Å²) < 4.78 is 0. The van der Waals surface area contributed by atoms with E-state index in [0.29, 0.717) is 5.92 Å². The van der Waals surface area contributed by atoms with Gasteiger partial charge < -0.3 is 0 Å². The van der Waals surface area contributed by atoms with Crippen molar-refractivity contribution in [3.8, 4) is 0 Å². The zero-order valence-electron chi connectivity index (χ0n) is 11.0. The fourth-order valence-electron chi connectivity index (χ4n) is 2.08. The molecular weight excluding hydrogens is 180 g/mol. The first kappa shape index (κ1) is 12.5. The van der Waals surface area contributed by atoms with Crippen molar-refractivity contribution < 1.29 is 0 Å². The Morgan fingerprint density at radius 2 is 1.73 bits per heavy atom. The van der Waals surface area contributed by atoms with Crippen LogP contribution in [0.3, 0.4) is 0 Å². The molecule has 0 aromatic carbocycles. The fraction of sp³-hybridized carbons (Fsp3) is 0.733. The summed E-state index contributed by atoms with van der Waals surface area (Å²) >= 11 is 0. The molecule has 15 heavy (non-hydrogen) atoms. The molecule has 1 rings (SSSR count). The Kier molecular flexibility index (Phi) is 4.63. The lowest BCUT2D eigenvalue weighted by molar-refractivity contribution is 0.486. The third kappa shape index (κ3) is 3.85. The second kappa shape index (κ2) is 5.53. The van der Waals surface area contributed by atoms with Crippen LogP contribution >= 0.6 is 0 Å². The summed E-state index contributed by atoms with van der Waals surface area (Å²) in [5.41, 5.74) is 3.20. The standard InChI is InChI=1S/C15H26/c1-11(2)6-7-13(5)15-9-8-14(10-15)12(3)4/h8,10-13H,6-7,9H2,1-5H3. The minimum atomic E-state index is 0.694. The van der Waals surface area contributed by atoms with Crippen molar-refractivity contribution in [2.75, 3.05) is 0 Å². The quantitative estimate of drug-likeness (QED) is 0.595. The number of allylic oxidation sites excluding steroid dienone is 4. The molecule has 0 aromatic rings. The van der Waals surface area contributed by atoms with Gasteiger partial charge in [0.2, 0.25) is 0 Å². The number of hydrogen-bond donors (Lipinski definition) is 0. The molecule has 0 nitrogen and oxygen atoms in total. The van der Waals surface area contributed by atoms with Gasteiger partial charge in [-0.15, -0.1) is 0 Å². The molecule has 1 unspecified atom stereocenters. The zero-order valence-corrected chi connectivity index (χ0v) is 11.0. The minimum absolute atomic E-state index is 0.694. The van der Waals surface area contributed by atoms with Crippen LogP contribution in [0.25, 0.3) is 0 Å². The topological polar surface area (TPSA) is 0 Å². The van der Waals surface area contributed by atoms with Crippen LogP contribution < -0.4 is 0 Å². The van der Waals surface area contributed by atoms with E-state index in [9.17, 15) is 0 Å². The second-order valence-electron chi connectivity index (χ2n) is 5.65. The summed E-state index contributed by atoms with van der Waals surface area (Å²) in [5, 5.41) is 0. The van der Waals surface area contributed by atoms with Crippen LogP contribution in [0.2, 0.25) is 0 Å². The van der Waals surface area contributed by atoms with Crippen molar-refractivity contribution >= 4 is 0 Å². The summed E-state index contributed by atoms with van der Waals surface area (Å²) in [6.07, 6.45) is 8.76. The van der Waals surface area contributed by atoms with Gasteiger partial charge in [-0.3, -0.25) is 0 Å². The Labute approximate surface area is 95.5 Å². The van der Waals surface area contributed by atoms with Crippen molar-refractivity contribution in [2.45, 2.75) is 53.9 Å². The molecule has 0 heterocycles. The van der Waals surface area contributed by atoms with Crippen LogP contribution in [0.15, 0.2) is 23.3 Å². The first-order valence-electron chi connectivity index (χ1n) is 6.41. The van der Waals surface area contributed by atoms with Crippen molar-refractivity contribution in [2.24, 2.45) is 17.8 Å². The average molecular weight is 206 g/mol. The average Bonchev–Trinajstić information content (AvgIpc) is 2.62. The van der Waals surface area contributed by atoms with Gasteiger partial charge in [0.05, 0.1) is 0 Å². The van der Waals surface area contributed by atoms with Gasteiger partial charge in [-0.25, -0.2) is 0 Å². The van der Waals surface area contributed by atoms with Gasteiger partial charge in [-0.1, -0.05) is 58.8 Å². The van der Waals surface area contributed by atoms with Crippen molar-refractivity contribution in [3.63, 3.8) is 0 Å². The summed E-state index contributed by atoms with van der Waals surface area (Å²) in [5.74, 6) is 2.31. The maximum atomic E-state index is 2.44. The molecular formula is C15H26. The normalized spacial score (nSPS) is 18.3. The third-order valence-electron chi connectivity index (χ3n) is 3.40. The van der Waals surface area contributed by atoms with Gasteiger partial charge >= 0.3 is 0 Å². The summed E-state index contributed by atoms with van der Waals surface area (Å²) in [6, 6.07) is 0. The second-order valence-corrected chi connectivity index (χ2v) is 5.65. The lowest BCUT2D eigenvalue weighted by Crippen LogP contribution is -2.00. The predicted molar refractivity (Wildman–Crippen MR) is 68.9 cm³/mol. The first-order valence-corrected chi connectivity index (χ1v) is 6.41. The van der Waals surface area contributed by atoms with Gasteiger partial charge in [0.25, 0.3) is 0 Å². The van der Waals surface area contributed by atoms with Crippen molar-refractivity contribution in [1.82, 2.24) is 0 Å². The van der Waals surface area contributed by atoms with Crippen LogP contribution in [-0.2, 0) is 0 Å². The summed E-state index contributed by atoms with van der Waals surface area (Å²) in [6.45, 7) is 11.6. The molecule has 0 aromatic heterocycles. The maximum Gasteiger partial charge on any atom is -0.0127 e. The highest BCUT2D eigenvalue weighted by molar-refractivity contribution is 5.34. The van der Waals surface area contributed by atoms with Gasteiger partial charge in [-0.2, -0.15) is 0 Å². The smallest absolute Gasteiger partial charge is 0.0127 e. The Morgan fingerprint density at radius 1 is 1.07 bits per heavy atom. The lowest BCUT2D eigenvalue weighted by Gasteiger charge is -2.14. The van der Waals surface area contributed by atoms with E-state index in [2.05, 4.69) is 46.8 Å². The molecule has 0 heteroatoms. The Bertz CT molecular complexity index is 253. The van der Waals surface area contributed by atoms with Crippen LogP contribution in [0.5, 0.6) is 0 Å². The molecule has 0 fully saturated rings. The highest BCUT2D eigenvalue weighted by Crippen LogP contribution is 2.30. The molecule has 0 saturated heterocycles. The molecule has 0 spiro atoms. The van der Waals surface area contributed by atoms with Gasteiger partial charge in [-0.05, 0) is 36.2 Å². The van der Waals surface area contributed by atoms with Crippen LogP contribution in [-0.4, -0.2) is 0 Å². The molecule has 0 bridgehead atoms. The largest absolute Gasteiger partial charge is 0.0770 e.